The van der Waals surface area contributed by atoms with E-state index in [4.69, 9.17) is 0 Å². The van der Waals surface area contributed by atoms with Crippen LogP contribution in [0.5, 0.6) is 0 Å². The molecule has 1 aromatic rings. The van der Waals surface area contributed by atoms with Gasteiger partial charge >= 0.3 is 5.97 Å². The molecular weight excluding hydrogens is 181 g/mol. The van der Waals surface area contributed by atoms with E-state index in [1.54, 1.807) is 0 Å². The van der Waals surface area contributed by atoms with E-state index < -0.39 is 12.3 Å². The highest BCUT2D eigenvalue weighted by atomic mass is 19.1. The first kappa shape index (κ1) is 9.59. The Labute approximate surface area is 73.0 Å². The molecule has 1 rings (SSSR count). The minimum absolute atomic E-state index is 0.211. The number of H-pyrrole nitrogens is 1. The molecule has 1 N–H and O–H groups in total. The van der Waals surface area contributed by atoms with E-state index in [2.05, 4.69) is 24.9 Å². The first-order valence-corrected chi connectivity index (χ1v) is 3.36. The van der Waals surface area contributed by atoms with Crippen LogP contribution in [0.2, 0.25) is 0 Å². The molecule has 0 radical (unpaired) electrons. The van der Waals surface area contributed by atoms with Gasteiger partial charge < -0.3 is 9.47 Å². The first-order valence-electron chi connectivity index (χ1n) is 3.36. The van der Waals surface area contributed by atoms with Gasteiger partial charge in [0.15, 0.2) is 11.4 Å². The standard InChI is InChI=1S/C6H8FN3O3/c1-12-5(7)3-4(6(11)13-2)9-10-8-3/h5H,1-2H3,(H,8,9,10). The van der Waals surface area contributed by atoms with Gasteiger partial charge in [-0.15, -0.1) is 5.10 Å². The first-order chi connectivity index (χ1) is 6.20. The van der Waals surface area contributed by atoms with Crippen LogP contribution in [0.1, 0.15) is 22.5 Å². The lowest BCUT2D eigenvalue weighted by Crippen LogP contribution is -2.08. The highest BCUT2D eigenvalue weighted by Gasteiger charge is 2.23. The van der Waals surface area contributed by atoms with E-state index in [0.29, 0.717) is 0 Å². The summed E-state index contributed by atoms with van der Waals surface area (Å²) in [6.07, 6.45) is -1.78. The molecule has 7 heteroatoms. The van der Waals surface area contributed by atoms with E-state index in [1.165, 1.54) is 7.11 Å². The van der Waals surface area contributed by atoms with E-state index in [-0.39, 0.29) is 11.4 Å². The fourth-order valence-electron chi connectivity index (χ4n) is 0.756. The van der Waals surface area contributed by atoms with Crippen molar-refractivity contribution in [3.63, 3.8) is 0 Å². The van der Waals surface area contributed by atoms with Crippen LogP contribution in [0.3, 0.4) is 0 Å². The van der Waals surface area contributed by atoms with E-state index in [0.717, 1.165) is 7.11 Å². The molecule has 0 aromatic carbocycles. The second-order valence-electron chi connectivity index (χ2n) is 2.10. The molecule has 1 unspecified atom stereocenters. The topological polar surface area (TPSA) is 77.1 Å². The van der Waals surface area contributed by atoms with Crippen molar-refractivity contribution in [1.29, 1.82) is 0 Å². The summed E-state index contributed by atoms with van der Waals surface area (Å²) in [7, 11) is 2.32. The monoisotopic (exact) mass is 189 g/mol. The Kier molecular flexibility index (Phi) is 2.91. The van der Waals surface area contributed by atoms with Crippen LogP contribution in [0.25, 0.3) is 0 Å². The quantitative estimate of drug-likeness (QED) is 0.687. The number of hydrogen-bond acceptors (Lipinski definition) is 5. The number of aromatic amines is 1. The molecule has 0 amide bonds. The molecule has 0 aliphatic heterocycles. The number of nitrogens with one attached hydrogen (secondary N) is 1. The van der Waals surface area contributed by atoms with Gasteiger partial charge in [-0.3, -0.25) is 0 Å². The Morgan fingerprint density at radius 3 is 2.77 bits per heavy atom. The van der Waals surface area contributed by atoms with Crippen molar-refractivity contribution in [1.82, 2.24) is 15.4 Å². The molecule has 0 saturated heterocycles. The van der Waals surface area contributed by atoms with Gasteiger partial charge in [0.05, 0.1) is 7.11 Å². The summed E-state index contributed by atoms with van der Waals surface area (Å²) in [6, 6.07) is 0. The second kappa shape index (κ2) is 3.94. The Balaban J connectivity index is 2.95. The SMILES string of the molecule is COC(=O)c1n[nH]nc1C(F)OC. The van der Waals surface area contributed by atoms with Crippen LogP contribution >= 0.6 is 0 Å². The highest BCUT2D eigenvalue weighted by Crippen LogP contribution is 2.17. The lowest BCUT2D eigenvalue weighted by molar-refractivity contribution is -0.0112. The second-order valence-corrected chi connectivity index (χ2v) is 2.10. The molecule has 0 bridgehead atoms. The van der Waals surface area contributed by atoms with Crippen molar-refractivity contribution in [2.24, 2.45) is 0 Å². The predicted molar refractivity (Wildman–Crippen MR) is 38.6 cm³/mol. The number of alkyl halides is 1. The summed E-state index contributed by atoms with van der Waals surface area (Å²) in [5, 5.41) is 8.95. The largest absolute Gasteiger partial charge is 0.464 e. The van der Waals surface area contributed by atoms with Crippen LogP contribution < -0.4 is 0 Å². The van der Waals surface area contributed by atoms with Crippen molar-refractivity contribution in [2.45, 2.75) is 6.36 Å². The molecular formula is C6H8FN3O3. The molecule has 1 atom stereocenters. The van der Waals surface area contributed by atoms with E-state index >= 15 is 0 Å². The van der Waals surface area contributed by atoms with Gasteiger partial charge in [0.1, 0.15) is 0 Å². The van der Waals surface area contributed by atoms with Gasteiger partial charge in [0.2, 0.25) is 6.36 Å². The molecule has 6 nitrogen and oxygen atoms in total. The van der Waals surface area contributed by atoms with Gasteiger partial charge in [-0.2, -0.15) is 10.3 Å². The average Bonchev–Trinajstić information content (AvgIpc) is 2.63. The third-order valence-corrected chi connectivity index (χ3v) is 1.38. The molecule has 72 valence electrons. The zero-order chi connectivity index (χ0) is 9.84. The maximum Gasteiger partial charge on any atom is 0.360 e. The number of nitrogens with zero attached hydrogens (tertiary/aromatic N) is 2. The molecule has 0 saturated carbocycles. The molecule has 0 aliphatic carbocycles. The fraction of sp³-hybridized carbons (Fsp3) is 0.500. The predicted octanol–water partition coefficient (Wildman–Crippen LogP) is 0.206. The van der Waals surface area contributed by atoms with Gasteiger partial charge in [-0.25, -0.2) is 9.18 Å². The third kappa shape index (κ3) is 1.81. The molecule has 13 heavy (non-hydrogen) atoms. The van der Waals surface area contributed by atoms with Gasteiger partial charge in [-0.05, 0) is 0 Å². The minimum atomic E-state index is -1.78. The highest BCUT2D eigenvalue weighted by molar-refractivity contribution is 5.88. The Morgan fingerprint density at radius 2 is 2.23 bits per heavy atom. The molecule has 0 spiro atoms. The molecule has 0 aliphatic rings. The summed E-state index contributed by atoms with van der Waals surface area (Å²) in [4.78, 5) is 10.9. The lowest BCUT2D eigenvalue weighted by Gasteiger charge is -2.02. The molecule has 1 heterocycles. The smallest absolute Gasteiger partial charge is 0.360 e. The number of methoxy groups -OCH3 is 2. The number of carbonyl (C=O) groups is 1. The average molecular weight is 189 g/mol. The number of hydrogen-bond donors (Lipinski definition) is 1. The lowest BCUT2D eigenvalue weighted by atomic mass is 10.3. The Bertz CT molecular complexity index is 301. The minimum Gasteiger partial charge on any atom is -0.464 e. The number of ether oxygens (including phenoxy) is 2. The summed E-state index contributed by atoms with van der Waals surface area (Å²) in [5.41, 5.74) is -0.425. The van der Waals surface area contributed by atoms with Gasteiger partial charge in [0.25, 0.3) is 0 Å². The van der Waals surface area contributed by atoms with Crippen molar-refractivity contribution in [3.05, 3.63) is 11.4 Å². The maximum absolute atomic E-state index is 12.9. The van der Waals surface area contributed by atoms with Crippen LogP contribution in [0, 0.1) is 0 Å². The maximum atomic E-state index is 12.9. The van der Waals surface area contributed by atoms with Crippen molar-refractivity contribution in [3.8, 4) is 0 Å². The number of carbonyl (C=O) groups excluding carboxylic acids is 1. The van der Waals surface area contributed by atoms with Crippen LogP contribution in [-0.2, 0) is 9.47 Å². The zero-order valence-corrected chi connectivity index (χ0v) is 7.07. The normalized spacial score (nSPS) is 12.5. The number of halogens is 1. The summed E-state index contributed by atoms with van der Waals surface area (Å²) in [5.74, 6) is -0.761. The Morgan fingerprint density at radius 1 is 1.54 bits per heavy atom. The number of rotatable bonds is 3. The zero-order valence-electron chi connectivity index (χ0n) is 7.07. The van der Waals surface area contributed by atoms with Crippen molar-refractivity contribution in [2.75, 3.05) is 14.2 Å². The van der Waals surface area contributed by atoms with Crippen molar-refractivity contribution < 1.29 is 18.7 Å². The van der Waals surface area contributed by atoms with Crippen LogP contribution in [-0.4, -0.2) is 35.6 Å². The molecule has 0 fully saturated rings. The summed E-state index contributed by atoms with van der Waals surface area (Å²) < 4.78 is 21.6. The summed E-state index contributed by atoms with van der Waals surface area (Å²) >= 11 is 0. The van der Waals surface area contributed by atoms with Crippen LogP contribution in [0.4, 0.5) is 4.39 Å². The van der Waals surface area contributed by atoms with E-state index in [9.17, 15) is 9.18 Å². The fourth-order valence-corrected chi connectivity index (χ4v) is 0.756. The van der Waals surface area contributed by atoms with Crippen molar-refractivity contribution >= 4 is 5.97 Å². The van der Waals surface area contributed by atoms with Gasteiger partial charge in [-0.1, -0.05) is 0 Å². The molecule has 1 aromatic heterocycles. The summed E-state index contributed by atoms with van der Waals surface area (Å²) in [6.45, 7) is 0. The number of esters is 1. The number of aromatic nitrogens is 3. The Hall–Kier alpha value is -1.50. The van der Waals surface area contributed by atoms with Crippen LogP contribution in [0.15, 0.2) is 0 Å². The van der Waals surface area contributed by atoms with E-state index in [1.807, 2.05) is 0 Å². The third-order valence-electron chi connectivity index (χ3n) is 1.38. The van der Waals surface area contributed by atoms with Gasteiger partial charge in [0, 0.05) is 7.11 Å².